The van der Waals surface area contributed by atoms with Crippen molar-refractivity contribution in [3.63, 3.8) is 0 Å². The quantitative estimate of drug-likeness (QED) is 0.397. The number of benzene rings is 1. The molecule has 0 bridgehead atoms. The molecule has 3 aliphatic rings. The molecule has 3 aliphatic heterocycles. The van der Waals surface area contributed by atoms with Gasteiger partial charge in [0.2, 0.25) is 21.5 Å². The summed E-state index contributed by atoms with van der Waals surface area (Å²) in [6.45, 7) is 7.26. The Morgan fingerprint density at radius 3 is 2.41 bits per heavy atom. The summed E-state index contributed by atoms with van der Waals surface area (Å²) in [5.41, 5.74) is 0.888. The molecule has 41 heavy (non-hydrogen) atoms. The Kier molecular flexibility index (Phi) is 8.30. The number of nitrogens with one attached hydrogen (secondary N) is 3. The van der Waals surface area contributed by atoms with Gasteiger partial charge in [0, 0.05) is 56.2 Å². The van der Waals surface area contributed by atoms with Crippen molar-refractivity contribution in [3.05, 3.63) is 58.5 Å². The van der Waals surface area contributed by atoms with Crippen LogP contribution in [0.25, 0.3) is 0 Å². The Bertz CT molecular complexity index is 1470. The fraction of sp³-hybridized carbons (Fsp3) is 0.500. The maximum absolute atomic E-state index is 13.8. The summed E-state index contributed by atoms with van der Waals surface area (Å²) >= 11 is 0. The third-order valence-corrected chi connectivity index (χ3v) is 9.80. The molecule has 1 aromatic carbocycles. The normalized spacial score (nSPS) is 22.2. The van der Waals surface area contributed by atoms with Gasteiger partial charge in [-0.2, -0.15) is 4.31 Å². The van der Waals surface area contributed by atoms with E-state index in [1.54, 1.807) is 12.1 Å². The summed E-state index contributed by atoms with van der Waals surface area (Å²) in [5.74, 6) is -1.10. The molecule has 3 fully saturated rings. The summed E-state index contributed by atoms with van der Waals surface area (Å²) in [4.78, 5) is 57.7. The number of likely N-dealkylation sites (tertiary alicyclic amines) is 1. The fourth-order valence-electron chi connectivity index (χ4n) is 5.94. The molecule has 3 atom stereocenters. The van der Waals surface area contributed by atoms with E-state index in [4.69, 9.17) is 0 Å². The average Bonchev–Trinajstić information content (AvgIpc) is 3.54. The van der Waals surface area contributed by atoms with Crippen LogP contribution in [-0.2, 0) is 19.6 Å². The highest BCUT2D eigenvalue weighted by Crippen LogP contribution is 2.34. The van der Waals surface area contributed by atoms with Crippen LogP contribution in [0.5, 0.6) is 0 Å². The molecule has 2 aromatic rings. The van der Waals surface area contributed by atoms with Gasteiger partial charge in [0.05, 0.1) is 17.5 Å². The Morgan fingerprint density at radius 2 is 1.76 bits per heavy atom. The lowest BCUT2D eigenvalue weighted by atomic mass is 10.0. The molecular weight excluding hydrogens is 548 g/mol. The first-order chi connectivity index (χ1) is 19.6. The van der Waals surface area contributed by atoms with Crippen molar-refractivity contribution >= 4 is 33.3 Å². The number of ketones is 1. The maximum Gasteiger partial charge on any atom is 0.251 e. The monoisotopic (exact) mass is 584 g/mol. The van der Waals surface area contributed by atoms with Gasteiger partial charge in [-0.05, 0) is 49.1 Å². The Balaban J connectivity index is 1.31. The number of rotatable bonds is 8. The van der Waals surface area contributed by atoms with E-state index in [-0.39, 0.29) is 42.0 Å². The molecule has 13 heteroatoms. The number of anilines is 1. The molecule has 0 spiro atoms. The van der Waals surface area contributed by atoms with E-state index < -0.39 is 39.6 Å². The third kappa shape index (κ3) is 5.92. The molecule has 4 heterocycles. The van der Waals surface area contributed by atoms with Gasteiger partial charge in [-0.25, -0.2) is 8.42 Å². The van der Waals surface area contributed by atoms with Crippen LogP contribution in [-0.4, -0.2) is 97.6 Å². The van der Waals surface area contributed by atoms with Crippen LogP contribution in [0, 0.1) is 5.92 Å². The number of carbonyl (C=O) groups is 3. The van der Waals surface area contributed by atoms with Crippen LogP contribution < -0.4 is 21.1 Å². The van der Waals surface area contributed by atoms with Crippen molar-refractivity contribution in [3.8, 4) is 0 Å². The minimum atomic E-state index is -4.13. The molecule has 0 radical (unpaired) electrons. The van der Waals surface area contributed by atoms with Gasteiger partial charge in [-0.15, -0.1) is 0 Å². The number of piperazine rings is 1. The zero-order chi connectivity index (χ0) is 29.3. The highest BCUT2D eigenvalue weighted by atomic mass is 32.2. The first kappa shape index (κ1) is 29.0. The predicted molar refractivity (Wildman–Crippen MR) is 152 cm³/mol. The highest BCUT2D eigenvalue weighted by Gasteiger charge is 2.54. The standard InChI is InChI=1S/C28H36N6O6S/c1-18(2)15-22(31-27(37)19-3-5-20(6-4-19)32-13-10-29-11-14-32)28(38)33-12-8-23-26(33)24(35)17-34(23)41(39,40)21-7-9-30-25(36)16-21/h3-7,9,16,18,22-23,26,29H,8,10-15,17H2,1-2H3,(H,30,36)(H,31,37). The summed E-state index contributed by atoms with van der Waals surface area (Å²) < 4.78 is 27.7. The van der Waals surface area contributed by atoms with E-state index in [2.05, 4.69) is 20.5 Å². The van der Waals surface area contributed by atoms with Gasteiger partial charge < -0.3 is 25.4 Å². The molecular formula is C28H36N6O6S. The van der Waals surface area contributed by atoms with Crippen LogP contribution in [0.1, 0.15) is 37.0 Å². The number of sulfonamides is 1. The van der Waals surface area contributed by atoms with Crippen molar-refractivity contribution in [2.75, 3.05) is 44.2 Å². The number of fused-ring (bicyclic) bond motifs is 1. The van der Waals surface area contributed by atoms with Crippen LogP contribution in [0.15, 0.2) is 52.3 Å². The second-order valence-corrected chi connectivity index (χ2v) is 13.1. The predicted octanol–water partition coefficient (Wildman–Crippen LogP) is 0.172. The van der Waals surface area contributed by atoms with Gasteiger partial charge in [-0.3, -0.25) is 19.2 Å². The molecule has 3 unspecified atom stereocenters. The number of hydrogen-bond donors (Lipinski definition) is 3. The number of amides is 2. The van der Waals surface area contributed by atoms with Crippen molar-refractivity contribution in [2.45, 2.75) is 49.7 Å². The molecule has 12 nitrogen and oxygen atoms in total. The number of nitrogens with zero attached hydrogens (tertiary/aromatic N) is 3. The highest BCUT2D eigenvalue weighted by molar-refractivity contribution is 7.89. The van der Waals surface area contributed by atoms with Crippen LogP contribution in [0.4, 0.5) is 5.69 Å². The summed E-state index contributed by atoms with van der Waals surface area (Å²) in [6, 6.07) is 7.00. The minimum Gasteiger partial charge on any atom is -0.369 e. The maximum atomic E-state index is 13.8. The van der Waals surface area contributed by atoms with Crippen molar-refractivity contribution in [1.29, 1.82) is 0 Å². The topological polar surface area (TPSA) is 152 Å². The van der Waals surface area contributed by atoms with Crippen molar-refractivity contribution in [2.24, 2.45) is 5.92 Å². The number of H-pyrrole nitrogens is 1. The van der Waals surface area contributed by atoms with E-state index in [9.17, 15) is 27.6 Å². The number of hydrogen-bond acceptors (Lipinski definition) is 8. The summed E-state index contributed by atoms with van der Waals surface area (Å²) in [7, 11) is -4.13. The van der Waals surface area contributed by atoms with Crippen molar-refractivity contribution < 1.29 is 22.8 Å². The first-order valence-corrected chi connectivity index (χ1v) is 15.4. The molecule has 5 rings (SSSR count). The lowest BCUT2D eigenvalue weighted by molar-refractivity contribution is -0.138. The van der Waals surface area contributed by atoms with Crippen molar-refractivity contribution in [1.82, 2.24) is 24.8 Å². The Morgan fingerprint density at radius 1 is 1.05 bits per heavy atom. The Hall–Kier alpha value is -3.55. The molecule has 0 saturated carbocycles. The molecule has 3 saturated heterocycles. The van der Waals surface area contributed by atoms with E-state index >= 15 is 0 Å². The van der Waals surface area contributed by atoms with Gasteiger partial charge in [0.15, 0.2) is 5.78 Å². The zero-order valence-corrected chi connectivity index (χ0v) is 24.0. The number of aromatic amines is 1. The minimum absolute atomic E-state index is 0.0741. The molecule has 1 aromatic heterocycles. The zero-order valence-electron chi connectivity index (χ0n) is 23.2. The molecule has 2 amide bonds. The molecule has 220 valence electrons. The largest absolute Gasteiger partial charge is 0.369 e. The van der Waals surface area contributed by atoms with E-state index in [1.807, 2.05) is 26.0 Å². The summed E-state index contributed by atoms with van der Waals surface area (Å²) in [6.07, 6.45) is 1.88. The molecule has 3 N–H and O–H groups in total. The molecule has 0 aliphatic carbocycles. The van der Waals surface area contributed by atoms with E-state index in [0.29, 0.717) is 12.0 Å². The summed E-state index contributed by atoms with van der Waals surface area (Å²) in [5, 5.41) is 6.19. The van der Waals surface area contributed by atoms with Gasteiger partial charge >= 0.3 is 0 Å². The van der Waals surface area contributed by atoms with Gasteiger partial charge in [-0.1, -0.05) is 13.8 Å². The van der Waals surface area contributed by atoms with E-state index in [0.717, 1.165) is 42.2 Å². The van der Waals surface area contributed by atoms with Crippen LogP contribution >= 0.6 is 0 Å². The van der Waals surface area contributed by atoms with Gasteiger partial charge in [0.25, 0.3) is 5.91 Å². The smallest absolute Gasteiger partial charge is 0.251 e. The second-order valence-electron chi connectivity index (χ2n) is 11.2. The van der Waals surface area contributed by atoms with E-state index in [1.165, 1.54) is 17.2 Å². The number of carbonyl (C=O) groups excluding carboxylic acids is 3. The Labute approximate surface area is 239 Å². The average molecular weight is 585 g/mol. The third-order valence-electron chi connectivity index (χ3n) is 7.94. The lowest BCUT2D eigenvalue weighted by Crippen LogP contribution is -2.53. The second kappa shape index (κ2) is 11.7. The first-order valence-electron chi connectivity index (χ1n) is 14.0. The number of pyridine rings is 1. The SMILES string of the molecule is CC(C)CC(NC(=O)c1ccc(N2CCNCC2)cc1)C(=O)N1CCC2C1C(=O)CN2S(=O)(=O)c1cc[nH]c(=O)c1. The number of Topliss-reactive ketones (excluding diaryl/α,β-unsaturated/α-hetero) is 1. The van der Waals surface area contributed by atoms with Gasteiger partial charge in [0.1, 0.15) is 12.1 Å². The lowest BCUT2D eigenvalue weighted by Gasteiger charge is -2.30. The number of aromatic nitrogens is 1. The van der Waals surface area contributed by atoms with Crippen LogP contribution in [0.3, 0.4) is 0 Å². The fourth-order valence-corrected chi connectivity index (χ4v) is 7.58. The van der Waals surface area contributed by atoms with Crippen LogP contribution in [0.2, 0.25) is 0 Å².